The van der Waals surface area contributed by atoms with E-state index in [4.69, 9.17) is 0 Å². The first-order valence-corrected chi connectivity index (χ1v) is 6.41. The highest BCUT2D eigenvalue weighted by Gasteiger charge is 2.20. The van der Waals surface area contributed by atoms with E-state index in [1.807, 2.05) is 7.05 Å². The van der Waals surface area contributed by atoms with E-state index < -0.39 is 0 Å². The van der Waals surface area contributed by atoms with E-state index in [9.17, 15) is 9.59 Å². The van der Waals surface area contributed by atoms with E-state index >= 15 is 0 Å². The van der Waals surface area contributed by atoms with E-state index in [0.29, 0.717) is 18.8 Å². The van der Waals surface area contributed by atoms with Crippen molar-refractivity contribution in [2.24, 2.45) is 5.92 Å². The van der Waals surface area contributed by atoms with Crippen LogP contribution < -0.4 is 0 Å². The third kappa shape index (κ3) is 5.31. The van der Waals surface area contributed by atoms with Crippen molar-refractivity contribution in [3.05, 3.63) is 0 Å². The van der Waals surface area contributed by atoms with Gasteiger partial charge >= 0.3 is 0 Å². The van der Waals surface area contributed by atoms with Gasteiger partial charge in [0.15, 0.2) is 0 Å². The first-order chi connectivity index (χ1) is 7.99. The Kier molecular flexibility index (Phi) is 5.62. The van der Waals surface area contributed by atoms with Crippen molar-refractivity contribution in [2.75, 3.05) is 33.7 Å². The normalized spacial score (nSPS) is 18.1. The molecule has 98 valence electrons. The number of piperidine rings is 1. The molecule has 4 nitrogen and oxygen atoms in total. The number of likely N-dealkylation sites (tertiary alicyclic amines) is 1. The fraction of sp³-hybridized carbons (Fsp3) is 0.846. The van der Waals surface area contributed by atoms with E-state index in [-0.39, 0.29) is 11.7 Å². The Balaban J connectivity index is 2.25. The minimum absolute atomic E-state index is 0.0889. The van der Waals surface area contributed by atoms with Gasteiger partial charge in [-0.25, -0.2) is 0 Å². The van der Waals surface area contributed by atoms with Gasteiger partial charge in [0.25, 0.3) is 0 Å². The summed E-state index contributed by atoms with van der Waals surface area (Å²) in [5.41, 5.74) is 0. The van der Waals surface area contributed by atoms with Gasteiger partial charge in [0.05, 0.1) is 0 Å². The molecular formula is C13H24N2O2. The largest absolute Gasteiger partial charge is 0.345 e. The molecule has 0 radical (unpaired) electrons. The molecule has 1 rings (SSSR count). The molecule has 0 spiro atoms. The Morgan fingerprint density at radius 3 is 2.35 bits per heavy atom. The molecule has 0 aromatic heterocycles. The standard InChI is InChI=1S/C13H24N2O2/c1-11(16)4-5-13(17)15(3)10-12-6-8-14(2)9-7-12/h12H,4-10H2,1-3H3. The fourth-order valence-electron chi connectivity index (χ4n) is 2.21. The van der Waals surface area contributed by atoms with Crippen LogP contribution in [0.15, 0.2) is 0 Å². The van der Waals surface area contributed by atoms with Crippen molar-refractivity contribution in [3.63, 3.8) is 0 Å². The molecule has 1 amide bonds. The number of hydrogen-bond donors (Lipinski definition) is 0. The maximum atomic E-state index is 11.7. The lowest BCUT2D eigenvalue weighted by Crippen LogP contribution is -2.38. The lowest BCUT2D eigenvalue weighted by Gasteiger charge is -2.31. The average Bonchev–Trinajstić information content (AvgIpc) is 2.28. The van der Waals surface area contributed by atoms with Crippen molar-refractivity contribution in [1.82, 2.24) is 9.80 Å². The Morgan fingerprint density at radius 1 is 1.24 bits per heavy atom. The summed E-state index contributed by atoms with van der Waals surface area (Å²) in [5.74, 6) is 0.808. The maximum absolute atomic E-state index is 11.7. The molecule has 0 bridgehead atoms. The van der Waals surface area contributed by atoms with E-state index in [1.54, 1.807) is 4.90 Å². The second-order valence-electron chi connectivity index (χ2n) is 5.22. The summed E-state index contributed by atoms with van der Waals surface area (Å²) in [6.45, 7) is 4.62. The third-order valence-electron chi connectivity index (χ3n) is 3.49. The second kappa shape index (κ2) is 6.74. The lowest BCUT2D eigenvalue weighted by atomic mass is 9.96. The minimum atomic E-state index is 0.0889. The number of carbonyl (C=O) groups is 2. The molecule has 1 aliphatic heterocycles. The van der Waals surface area contributed by atoms with Gasteiger partial charge in [-0.3, -0.25) is 4.79 Å². The van der Waals surface area contributed by atoms with Crippen LogP contribution in [0.5, 0.6) is 0 Å². The predicted octanol–water partition coefficient (Wildman–Crippen LogP) is 1.16. The van der Waals surface area contributed by atoms with E-state index in [0.717, 1.165) is 19.6 Å². The zero-order valence-electron chi connectivity index (χ0n) is 11.2. The first kappa shape index (κ1) is 14.2. The van der Waals surface area contributed by atoms with Crippen LogP contribution >= 0.6 is 0 Å². The molecule has 0 saturated carbocycles. The van der Waals surface area contributed by atoms with Crippen LogP contribution in [0.25, 0.3) is 0 Å². The third-order valence-corrected chi connectivity index (χ3v) is 3.49. The molecule has 1 fully saturated rings. The number of hydrogen-bond acceptors (Lipinski definition) is 3. The number of ketones is 1. The molecule has 0 aromatic carbocycles. The van der Waals surface area contributed by atoms with E-state index in [2.05, 4.69) is 11.9 Å². The minimum Gasteiger partial charge on any atom is -0.345 e. The van der Waals surface area contributed by atoms with Crippen LogP contribution in [-0.4, -0.2) is 55.2 Å². The molecule has 17 heavy (non-hydrogen) atoms. The van der Waals surface area contributed by atoms with E-state index in [1.165, 1.54) is 19.8 Å². The van der Waals surface area contributed by atoms with Gasteiger partial charge < -0.3 is 14.6 Å². The Morgan fingerprint density at radius 2 is 1.82 bits per heavy atom. The van der Waals surface area contributed by atoms with Crippen molar-refractivity contribution in [2.45, 2.75) is 32.6 Å². The summed E-state index contributed by atoms with van der Waals surface area (Å²) >= 11 is 0. The summed E-state index contributed by atoms with van der Waals surface area (Å²) < 4.78 is 0. The molecule has 0 atom stereocenters. The average molecular weight is 240 g/mol. The van der Waals surface area contributed by atoms with Gasteiger partial charge in [0.2, 0.25) is 5.91 Å². The van der Waals surface area contributed by atoms with Crippen LogP contribution in [0.1, 0.15) is 32.6 Å². The highest BCUT2D eigenvalue weighted by Crippen LogP contribution is 2.17. The molecule has 0 aliphatic carbocycles. The van der Waals surface area contributed by atoms with Crippen molar-refractivity contribution < 1.29 is 9.59 Å². The second-order valence-corrected chi connectivity index (χ2v) is 5.22. The smallest absolute Gasteiger partial charge is 0.222 e. The summed E-state index contributed by atoms with van der Waals surface area (Å²) in [5, 5.41) is 0. The van der Waals surface area contributed by atoms with Crippen molar-refractivity contribution >= 4 is 11.7 Å². The summed E-state index contributed by atoms with van der Waals surface area (Å²) in [7, 11) is 3.98. The molecular weight excluding hydrogens is 216 g/mol. The van der Waals surface area contributed by atoms with Crippen LogP contribution in [0, 0.1) is 5.92 Å². The molecule has 0 aromatic rings. The zero-order valence-corrected chi connectivity index (χ0v) is 11.2. The zero-order chi connectivity index (χ0) is 12.8. The quantitative estimate of drug-likeness (QED) is 0.724. The number of Topliss-reactive ketones (excluding diaryl/α,β-unsaturated/α-hetero) is 1. The van der Waals surface area contributed by atoms with Gasteiger partial charge in [-0.05, 0) is 45.8 Å². The highest BCUT2D eigenvalue weighted by molar-refractivity contribution is 5.83. The monoisotopic (exact) mass is 240 g/mol. The van der Waals surface area contributed by atoms with Crippen molar-refractivity contribution in [3.8, 4) is 0 Å². The molecule has 0 unspecified atom stereocenters. The topological polar surface area (TPSA) is 40.6 Å². The maximum Gasteiger partial charge on any atom is 0.222 e. The fourth-order valence-corrected chi connectivity index (χ4v) is 2.21. The Bertz CT molecular complexity index is 271. The molecule has 1 aliphatic rings. The summed E-state index contributed by atoms with van der Waals surface area (Å²) in [6, 6.07) is 0. The van der Waals surface area contributed by atoms with Gasteiger partial charge in [0.1, 0.15) is 5.78 Å². The lowest BCUT2D eigenvalue weighted by molar-refractivity contribution is -0.132. The first-order valence-electron chi connectivity index (χ1n) is 6.41. The SMILES string of the molecule is CC(=O)CCC(=O)N(C)CC1CCN(C)CC1. The van der Waals surface area contributed by atoms with Crippen LogP contribution in [0.4, 0.5) is 0 Å². The molecule has 1 heterocycles. The van der Waals surface area contributed by atoms with Crippen LogP contribution in [0.2, 0.25) is 0 Å². The van der Waals surface area contributed by atoms with Gasteiger partial charge in [0, 0.05) is 26.4 Å². The van der Waals surface area contributed by atoms with Gasteiger partial charge in [-0.1, -0.05) is 0 Å². The molecule has 1 saturated heterocycles. The molecule has 0 N–H and O–H groups in total. The van der Waals surface area contributed by atoms with Crippen LogP contribution in [-0.2, 0) is 9.59 Å². The highest BCUT2D eigenvalue weighted by atomic mass is 16.2. The van der Waals surface area contributed by atoms with Crippen molar-refractivity contribution in [1.29, 1.82) is 0 Å². The Labute approximate surface area is 104 Å². The molecule has 4 heteroatoms. The summed E-state index contributed by atoms with van der Waals surface area (Å²) in [4.78, 5) is 26.7. The van der Waals surface area contributed by atoms with Crippen LogP contribution in [0.3, 0.4) is 0 Å². The summed E-state index contributed by atoms with van der Waals surface area (Å²) in [6.07, 6.45) is 3.07. The Hall–Kier alpha value is -0.900. The number of nitrogens with zero attached hydrogens (tertiary/aromatic N) is 2. The number of amides is 1. The van der Waals surface area contributed by atoms with Gasteiger partial charge in [-0.15, -0.1) is 0 Å². The number of carbonyl (C=O) groups excluding carboxylic acids is 2. The number of rotatable bonds is 5. The van der Waals surface area contributed by atoms with Gasteiger partial charge in [-0.2, -0.15) is 0 Å². The predicted molar refractivity (Wildman–Crippen MR) is 67.8 cm³/mol.